The van der Waals surface area contributed by atoms with E-state index in [9.17, 15) is 33.9 Å². The summed E-state index contributed by atoms with van der Waals surface area (Å²) in [6.45, 7) is 0.716. The van der Waals surface area contributed by atoms with Gasteiger partial charge in [0.2, 0.25) is 30.2 Å². The third kappa shape index (κ3) is 8.27. The van der Waals surface area contributed by atoms with Crippen LogP contribution in [0, 0.1) is 0 Å². The van der Waals surface area contributed by atoms with E-state index >= 15 is 0 Å². The van der Waals surface area contributed by atoms with Crippen molar-refractivity contribution in [1.29, 1.82) is 0 Å². The van der Waals surface area contributed by atoms with E-state index in [0.717, 1.165) is 17.4 Å². The number of ether oxygens (including phenoxy) is 2. The largest absolute Gasteiger partial charge is 0.481 e. The molecule has 0 aliphatic carbocycles. The number of amides is 4. The van der Waals surface area contributed by atoms with Crippen molar-refractivity contribution < 1.29 is 43.3 Å². The summed E-state index contributed by atoms with van der Waals surface area (Å²) in [6, 6.07) is 22.5. The number of carboxylic acid groups (broad SMARTS) is 1. The van der Waals surface area contributed by atoms with Crippen LogP contribution in [0.1, 0.15) is 36.5 Å². The molecule has 4 N–H and O–H groups in total. The number of nitrogens with one attached hydrogen (secondary N) is 3. The van der Waals surface area contributed by atoms with Crippen LogP contribution >= 0.6 is 0 Å². The molecule has 2 heterocycles. The van der Waals surface area contributed by atoms with E-state index in [2.05, 4.69) is 20.9 Å². The summed E-state index contributed by atoms with van der Waals surface area (Å²) in [5, 5.41) is 16.8. The van der Waals surface area contributed by atoms with Crippen molar-refractivity contribution >= 4 is 47.0 Å². The molecular formula is C34H33N5O9. The van der Waals surface area contributed by atoms with Crippen LogP contribution in [0.4, 0.5) is 5.69 Å². The lowest BCUT2D eigenvalue weighted by atomic mass is 10.0. The van der Waals surface area contributed by atoms with Gasteiger partial charge in [0.25, 0.3) is 5.91 Å². The van der Waals surface area contributed by atoms with Crippen LogP contribution in [0.15, 0.2) is 89.9 Å². The molecule has 4 amide bonds. The maximum Gasteiger partial charge on any atom is 0.310 e. The number of benzene rings is 3. The molecule has 3 aromatic carbocycles. The minimum Gasteiger partial charge on any atom is -0.481 e. The fraction of sp³-hybridized carbons (Fsp3) is 0.265. The minimum absolute atomic E-state index is 0.130. The molecule has 5 rings (SSSR count). The minimum atomic E-state index is -1.61. The Hall–Kier alpha value is -5.89. The first kappa shape index (κ1) is 33.5. The number of carboxylic acids is 1. The Labute approximate surface area is 275 Å². The number of anilines is 1. The number of rotatable bonds is 12. The van der Waals surface area contributed by atoms with Crippen LogP contribution < -0.4 is 20.9 Å². The van der Waals surface area contributed by atoms with Gasteiger partial charge in [0, 0.05) is 18.1 Å². The number of esters is 1. The molecule has 1 saturated heterocycles. The Bertz CT molecular complexity index is 1710. The molecule has 0 saturated carbocycles. The summed E-state index contributed by atoms with van der Waals surface area (Å²) in [7, 11) is 0. The van der Waals surface area contributed by atoms with E-state index < -0.39 is 73.1 Å². The summed E-state index contributed by atoms with van der Waals surface area (Å²) in [5.41, 5.74) is 2.56. The molecule has 0 spiro atoms. The summed E-state index contributed by atoms with van der Waals surface area (Å²) < 4.78 is 11.1. The van der Waals surface area contributed by atoms with Crippen molar-refractivity contribution in [3.05, 3.63) is 102 Å². The molecule has 48 heavy (non-hydrogen) atoms. The Balaban J connectivity index is 1.42. The SMILES string of the molecule is CC(=O)N[C@@H](CC(=O)O)C(=O)NC1N=C(c2ccccc2)c2ccccc2N(CC(=O)N[C@H]2CC(=O)OC2OCc2ccccc2)C1=O. The summed E-state index contributed by atoms with van der Waals surface area (Å²) in [6.07, 6.45) is -3.57. The molecule has 248 valence electrons. The molecule has 0 radical (unpaired) electrons. The quantitative estimate of drug-likeness (QED) is 0.208. The van der Waals surface area contributed by atoms with Gasteiger partial charge in [-0.2, -0.15) is 0 Å². The van der Waals surface area contributed by atoms with Gasteiger partial charge in [-0.05, 0) is 11.6 Å². The fourth-order valence-electron chi connectivity index (χ4n) is 5.33. The number of aliphatic imine (C=N–C) groups is 1. The average molecular weight is 656 g/mol. The topological polar surface area (TPSA) is 193 Å². The number of para-hydroxylation sites is 1. The van der Waals surface area contributed by atoms with Gasteiger partial charge in [0.05, 0.1) is 30.8 Å². The number of hydrogen-bond acceptors (Lipinski definition) is 9. The van der Waals surface area contributed by atoms with Gasteiger partial charge >= 0.3 is 11.9 Å². The van der Waals surface area contributed by atoms with E-state index in [-0.39, 0.29) is 13.0 Å². The number of nitrogens with zero attached hydrogens (tertiary/aromatic N) is 2. The van der Waals surface area contributed by atoms with Crippen molar-refractivity contribution in [2.24, 2.45) is 4.99 Å². The highest BCUT2D eigenvalue weighted by molar-refractivity contribution is 6.21. The Morgan fingerprint density at radius 3 is 2.31 bits per heavy atom. The molecule has 14 nitrogen and oxygen atoms in total. The van der Waals surface area contributed by atoms with E-state index in [1.807, 2.05) is 30.3 Å². The summed E-state index contributed by atoms with van der Waals surface area (Å²) in [4.78, 5) is 82.1. The number of fused-ring (bicyclic) bond motifs is 1. The molecule has 2 aliphatic heterocycles. The molecule has 4 atom stereocenters. The number of carbonyl (C=O) groups is 6. The molecule has 2 aliphatic rings. The van der Waals surface area contributed by atoms with Gasteiger partial charge < -0.3 is 30.5 Å². The zero-order chi connectivity index (χ0) is 34.2. The number of carbonyl (C=O) groups excluding carboxylic acids is 5. The van der Waals surface area contributed by atoms with Crippen molar-refractivity contribution in [2.45, 2.75) is 50.9 Å². The highest BCUT2D eigenvalue weighted by atomic mass is 16.7. The highest BCUT2D eigenvalue weighted by Crippen LogP contribution is 2.28. The first-order valence-electron chi connectivity index (χ1n) is 15.1. The first-order valence-corrected chi connectivity index (χ1v) is 15.1. The monoisotopic (exact) mass is 655 g/mol. The van der Waals surface area contributed by atoms with Gasteiger partial charge in [-0.15, -0.1) is 0 Å². The zero-order valence-corrected chi connectivity index (χ0v) is 25.8. The molecule has 3 aromatic rings. The van der Waals surface area contributed by atoms with Crippen LogP contribution in [0.25, 0.3) is 0 Å². The van der Waals surface area contributed by atoms with Crippen LogP contribution in [-0.2, 0) is 44.8 Å². The second kappa shape index (κ2) is 15.1. The van der Waals surface area contributed by atoms with Crippen molar-refractivity contribution in [1.82, 2.24) is 16.0 Å². The van der Waals surface area contributed by atoms with Gasteiger partial charge in [-0.3, -0.25) is 33.7 Å². The predicted molar refractivity (Wildman–Crippen MR) is 170 cm³/mol. The van der Waals surface area contributed by atoms with E-state index in [1.165, 1.54) is 0 Å². The number of benzodiazepines with no additional fused rings is 1. The van der Waals surface area contributed by atoms with Crippen LogP contribution in [-0.4, -0.2) is 77.5 Å². The molecule has 1 fully saturated rings. The van der Waals surface area contributed by atoms with Crippen LogP contribution in [0.2, 0.25) is 0 Å². The standard InChI is InChI=1S/C34H33N5O9/c1-20(40)35-24(16-28(42)43)32(45)38-31-33(46)39(26-15-9-8-14-23(26)30(37-31)22-12-6-3-7-13-22)18-27(41)36-25-17-29(44)48-34(25)47-19-21-10-4-2-5-11-21/h2-15,24-25,31,34H,16-19H2,1H3,(H,35,40)(H,36,41)(H,38,45)(H,42,43)/t24-,25-,31?,34?/m0/s1. The number of hydrogen-bond donors (Lipinski definition) is 4. The zero-order valence-electron chi connectivity index (χ0n) is 25.8. The lowest BCUT2D eigenvalue weighted by Crippen LogP contribution is -2.55. The van der Waals surface area contributed by atoms with Gasteiger partial charge in [0.1, 0.15) is 18.6 Å². The first-order chi connectivity index (χ1) is 23.1. The second-order valence-corrected chi connectivity index (χ2v) is 11.1. The Morgan fingerprint density at radius 2 is 1.62 bits per heavy atom. The fourth-order valence-corrected chi connectivity index (χ4v) is 5.33. The van der Waals surface area contributed by atoms with Gasteiger partial charge in [-0.25, -0.2) is 4.99 Å². The van der Waals surface area contributed by atoms with E-state index in [0.29, 0.717) is 22.5 Å². The maximum absolute atomic E-state index is 14.2. The highest BCUT2D eigenvalue weighted by Gasteiger charge is 2.39. The Kier molecular flexibility index (Phi) is 10.6. The molecule has 14 heteroatoms. The number of aliphatic carboxylic acids is 1. The van der Waals surface area contributed by atoms with Crippen molar-refractivity contribution in [3.63, 3.8) is 0 Å². The normalized spacial score (nSPS) is 19.2. The molecular weight excluding hydrogens is 622 g/mol. The van der Waals surface area contributed by atoms with Crippen LogP contribution in [0.5, 0.6) is 0 Å². The third-order valence-electron chi connectivity index (χ3n) is 7.47. The summed E-state index contributed by atoms with van der Waals surface area (Å²) in [5.74, 6) is -4.97. The van der Waals surface area contributed by atoms with Crippen LogP contribution in [0.3, 0.4) is 0 Å². The molecule has 0 bridgehead atoms. The second-order valence-electron chi connectivity index (χ2n) is 11.1. The Morgan fingerprint density at radius 1 is 0.958 bits per heavy atom. The van der Waals surface area contributed by atoms with E-state index in [4.69, 9.17) is 9.47 Å². The lowest BCUT2D eigenvalue weighted by Gasteiger charge is -2.27. The lowest BCUT2D eigenvalue weighted by molar-refractivity contribution is -0.168. The van der Waals surface area contributed by atoms with Crippen molar-refractivity contribution in [3.8, 4) is 0 Å². The van der Waals surface area contributed by atoms with E-state index in [1.54, 1.807) is 54.6 Å². The maximum atomic E-state index is 14.2. The molecule has 0 aromatic heterocycles. The summed E-state index contributed by atoms with van der Waals surface area (Å²) >= 11 is 0. The smallest absolute Gasteiger partial charge is 0.310 e. The number of cyclic esters (lactones) is 1. The third-order valence-corrected chi connectivity index (χ3v) is 7.47. The predicted octanol–water partition coefficient (Wildman–Crippen LogP) is 1.27. The molecule has 2 unspecified atom stereocenters. The average Bonchev–Trinajstić information content (AvgIpc) is 3.37. The van der Waals surface area contributed by atoms with Crippen molar-refractivity contribution in [2.75, 3.05) is 11.4 Å². The van der Waals surface area contributed by atoms with Gasteiger partial charge in [0.15, 0.2) is 0 Å². The van der Waals surface area contributed by atoms with Gasteiger partial charge in [-0.1, -0.05) is 78.9 Å².